The maximum atomic E-state index is 13.2. The fourth-order valence-corrected chi connectivity index (χ4v) is 4.96. The molecule has 2 N–H and O–H groups in total. The molecule has 0 atom stereocenters. The van der Waals surface area contributed by atoms with E-state index in [4.69, 9.17) is 5.73 Å². The van der Waals surface area contributed by atoms with Gasteiger partial charge in [-0.05, 0) is 49.9 Å². The third-order valence-electron chi connectivity index (χ3n) is 4.54. The van der Waals surface area contributed by atoms with E-state index >= 15 is 0 Å². The second kappa shape index (κ2) is 5.28. The molecular weight excluding hydrogens is 312 g/mol. The highest BCUT2D eigenvalue weighted by Gasteiger charge is 2.34. The van der Waals surface area contributed by atoms with Crippen molar-refractivity contribution >= 4 is 16.0 Å². The Balaban J connectivity index is 2.09. The Morgan fingerprint density at radius 1 is 1.09 bits per heavy atom. The molecule has 1 aromatic heterocycles. The number of benzene rings is 1. The highest BCUT2D eigenvalue weighted by Crippen LogP contribution is 2.33. The van der Waals surface area contributed by atoms with Crippen molar-refractivity contribution in [2.24, 2.45) is 0 Å². The van der Waals surface area contributed by atoms with Gasteiger partial charge in [0.05, 0.1) is 17.1 Å². The summed E-state index contributed by atoms with van der Waals surface area (Å²) < 4.78 is 27.8. The van der Waals surface area contributed by atoms with E-state index in [0.29, 0.717) is 10.6 Å². The Morgan fingerprint density at radius 3 is 2.30 bits per heavy atom. The molecule has 7 heteroatoms. The van der Waals surface area contributed by atoms with Crippen molar-refractivity contribution in [1.29, 1.82) is 0 Å². The van der Waals surface area contributed by atoms with Crippen LogP contribution in [0.3, 0.4) is 0 Å². The lowest BCUT2D eigenvalue weighted by Gasteiger charge is -2.21. The predicted octanol–water partition coefficient (Wildman–Crippen LogP) is 2.00. The van der Waals surface area contributed by atoms with Crippen LogP contribution in [0.1, 0.15) is 33.5 Å². The molecule has 2 heterocycles. The molecular formula is C16H20N4O2S. The van der Waals surface area contributed by atoms with Gasteiger partial charge < -0.3 is 5.73 Å². The van der Waals surface area contributed by atoms with Gasteiger partial charge in [0.25, 0.3) is 0 Å². The SMILES string of the molecule is Cc1cc(C)c(C)c(S(=O)(=O)N2Cc3cnc(N)nc3C2)c1C. The molecule has 1 aliphatic rings. The van der Waals surface area contributed by atoms with Gasteiger partial charge in [0.1, 0.15) is 0 Å². The van der Waals surface area contributed by atoms with E-state index in [1.807, 2.05) is 33.8 Å². The van der Waals surface area contributed by atoms with Crippen molar-refractivity contribution in [3.8, 4) is 0 Å². The van der Waals surface area contributed by atoms with E-state index in [2.05, 4.69) is 9.97 Å². The summed E-state index contributed by atoms with van der Waals surface area (Å²) in [6, 6.07) is 2.02. The van der Waals surface area contributed by atoms with E-state index in [-0.39, 0.29) is 19.0 Å². The first-order valence-electron chi connectivity index (χ1n) is 7.39. The number of aryl methyl sites for hydroxylation is 2. The summed E-state index contributed by atoms with van der Waals surface area (Å²) in [6.07, 6.45) is 1.61. The first-order valence-corrected chi connectivity index (χ1v) is 8.83. The molecule has 1 aliphatic heterocycles. The third kappa shape index (κ3) is 2.49. The number of aromatic nitrogens is 2. The number of nitrogen functional groups attached to an aromatic ring is 1. The molecule has 2 aromatic rings. The van der Waals surface area contributed by atoms with Crippen LogP contribution in [0.2, 0.25) is 0 Å². The Kier molecular flexibility index (Phi) is 3.65. The Morgan fingerprint density at radius 2 is 1.70 bits per heavy atom. The van der Waals surface area contributed by atoms with Gasteiger partial charge in [0.15, 0.2) is 0 Å². The number of hydrogen-bond acceptors (Lipinski definition) is 5. The maximum Gasteiger partial charge on any atom is 0.244 e. The minimum absolute atomic E-state index is 0.168. The molecule has 3 rings (SSSR count). The van der Waals surface area contributed by atoms with Gasteiger partial charge in [-0.1, -0.05) is 6.07 Å². The van der Waals surface area contributed by atoms with Crippen LogP contribution >= 0.6 is 0 Å². The largest absolute Gasteiger partial charge is 0.368 e. The molecule has 0 saturated heterocycles. The normalized spacial score (nSPS) is 15.0. The minimum atomic E-state index is -3.60. The van der Waals surface area contributed by atoms with E-state index in [9.17, 15) is 8.42 Å². The molecule has 0 unspecified atom stereocenters. The predicted molar refractivity (Wildman–Crippen MR) is 88.3 cm³/mol. The topological polar surface area (TPSA) is 89.2 Å². The minimum Gasteiger partial charge on any atom is -0.368 e. The quantitative estimate of drug-likeness (QED) is 0.908. The number of fused-ring (bicyclic) bond motifs is 1. The highest BCUT2D eigenvalue weighted by atomic mass is 32.2. The van der Waals surface area contributed by atoms with Crippen LogP contribution in [-0.4, -0.2) is 22.7 Å². The summed E-state index contributed by atoms with van der Waals surface area (Å²) in [7, 11) is -3.60. The Hall–Kier alpha value is -1.99. The first kappa shape index (κ1) is 15.9. The van der Waals surface area contributed by atoms with Gasteiger partial charge in [-0.2, -0.15) is 4.31 Å². The highest BCUT2D eigenvalue weighted by molar-refractivity contribution is 7.89. The molecule has 0 radical (unpaired) electrons. The van der Waals surface area contributed by atoms with Crippen LogP contribution in [0, 0.1) is 27.7 Å². The molecule has 1 aromatic carbocycles. The van der Waals surface area contributed by atoms with Crippen molar-refractivity contribution < 1.29 is 8.42 Å². The summed E-state index contributed by atoms with van der Waals surface area (Å²) in [5.74, 6) is 0.168. The van der Waals surface area contributed by atoms with E-state index < -0.39 is 10.0 Å². The van der Waals surface area contributed by atoms with Crippen LogP contribution in [0.15, 0.2) is 17.2 Å². The fourth-order valence-electron chi connectivity index (χ4n) is 3.01. The van der Waals surface area contributed by atoms with Crippen LogP contribution in [0.5, 0.6) is 0 Å². The van der Waals surface area contributed by atoms with Crippen LogP contribution in [0.25, 0.3) is 0 Å². The van der Waals surface area contributed by atoms with Crippen molar-refractivity contribution in [1.82, 2.24) is 14.3 Å². The van der Waals surface area contributed by atoms with Gasteiger partial charge in [-0.15, -0.1) is 0 Å². The molecule has 23 heavy (non-hydrogen) atoms. The number of nitrogens with zero attached hydrogens (tertiary/aromatic N) is 3. The molecule has 0 bridgehead atoms. The van der Waals surface area contributed by atoms with Crippen LogP contribution in [0.4, 0.5) is 5.95 Å². The van der Waals surface area contributed by atoms with Crippen LogP contribution < -0.4 is 5.73 Å². The summed E-state index contributed by atoms with van der Waals surface area (Å²) in [5, 5.41) is 0. The zero-order valence-electron chi connectivity index (χ0n) is 13.7. The lowest BCUT2D eigenvalue weighted by molar-refractivity contribution is 0.429. The van der Waals surface area contributed by atoms with E-state index in [0.717, 1.165) is 27.8 Å². The van der Waals surface area contributed by atoms with Gasteiger partial charge in [0, 0.05) is 18.3 Å². The Bertz CT molecular complexity index is 881. The molecule has 6 nitrogen and oxygen atoms in total. The molecule has 0 spiro atoms. The van der Waals surface area contributed by atoms with Crippen molar-refractivity contribution in [2.45, 2.75) is 45.7 Å². The summed E-state index contributed by atoms with van der Waals surface area (Å²) >= 11 is 0. The number of hydrogen-bond donors (Lipinski definition) is 1. The monoisotopic (exact) mass is 332 g/mol. The van der Waals surface area contributed by atoms with Gasteiger partial charge in [-0.25, -0.2) is 18.4 Å². The second-order valence-corrected chi connectivity index (χ2v) is 7.94. The van der Waals surface area contributed by atoms with Crippen molar-refractivity contribution in [3.05, 3.63) is 45.8 Å². The maximum absolute atomic E-state index is 13.2. The first-order chi connectivity index (χ1) is 10.7. The average molecular weight is 332 g/mol. The summed E-state index contributed by atoms with van der Waals surface area (Å²) in [6.45, 7) is 8.10. The molecule has 0 amide bonds. The number of rotatable bonds is 2. The average Bonchev–Trinajstić information content (AvgIpc) is 2.89. The van der Waals surface area contributed by atoms with E-state index in [1.54, 1.807) is 6.20 Å². The Labute approximate surface area is 136 Å². The lowest BCUT2D eigenvalue weighted by Crippen LogP contribution is -2.27. The van der Waals surface area contributed by atoms with Crippen molar-refractivity contribution in [2.75, 3.05) is 5.73 Å². The smallest absolute Gasteiger partial charge is 0.244 e. The standard InChI is InChI=1S/C16H20N4O2S/c1-9-5-10(2)12(4)15(11(9)3)23(21,22)20-7-13-6-18-16(17)19-14(13)8-20/h5-6H,7-8H2,1-4H3,(H2,17,18,19). The van der Waals surface area contributed by atoms with Gasteiger partial charge in [0.2, 0.25) is 16.0 Å². The van der Waals surface area contributed by atoms with E-state index in [1.165, 1.54) is 4.31 Å². The summed E-state index contributed by atoms with van der Waals surface area (Å²) in [4.78, 5) is 8.51. The summed E-state index contributed by atoms with van der Waals surface area (Å²) in [5.41, 5.74) is 10.6. The molecule has 0 aliphatic carbocycles. The zero-order chi connectivity index (χ0) is 16.9. The van der Waals surface area contributed by atoms with Gasteiger partial charge >= 0.3 is 0 Å². The number of sulfonamides is 1. The zero-order valence-corrected chi connectivity index (χ0v) is 14.5. The third-order valence-corrected chi connectivity index (χ3v) is 6.61. The molecule has 122 valence electrons. The van der Waals surface area contributed by atoms with Crippen molar-refractivity contribution in [3.63, 3.8) is 0 Å². The number of nitrogens with two attached hydrogens (primary N) is 1. The molecule has 0 fully saturated rings. The van der Waals surface area contributed by atoms with Crippen LogP contribution in [-0.2, 0) is 23.1 Å². The number of anilines is 1. The molecule has 0 saturated carbocycles. The second-order valence-electron chi connectivity index (χ2n) is 6.06. The lowest BCUT2D eigenvalue weighted by atomic mass is 10.0. The van der Waals surface area contributed by atoms with Gasteiger partial charge in [-0.3, -0.25) is 0 Å². The fraction of sp³-hybridized carbons (Fsp3) is 0.375.